The molecule has 0 radical (unpaired) electrons. The van der Waals surface area contributed by atoms with E-state index in [0.29, 0.717) is 4.88 Å². The average molecular weight is 325 g/mol. The van der Waals surface area contributed by atoms with Crippen molar-refractivity contribution in [1.82, 2.24) is 0 Å². The summed E-state index contributed by atoms with van der Waals surface area (Å²) in [5.41, 5.74) is 8.80. The van der Waals surface area contributed by atoms with Crippen LogP contribution in [-0.2, 0) is 6.42 Å². The van der Waals surface area contributed by atoms with Crippen molar-refractivity contribution >= 4 is 41.0 Å². The maximum absolute atomic E-state index is 12.6. The molecule has 1 aromatic heterocycles. The monoisotopic (exact) mass is 324 g/mol. The van der Waals surface area contributed by atoms with Gasteiger partial charge in [-0.3, -0.25) is 4.79 Å². The third-order valence-corrected chi connectivity index (χ3v) is 4.45. The number of benzene rings is 1. The summed E-state index contributed by atoms with van der Waals surface area (Å²) in [7, 11) is 1.60. The van der Waals surface area contributed by atoms with Gasteiger partial charge >= 0.3 is 0 Å². The van der Waals surface area contributed by atoms with Crippen molar-refractivity contribution in [3.8, 4) is 5.75 Å². The number of rotatable bonds is 2. The van der Waals surface area contributed by atoms with E-state index in [9.17, 15) is 4.79 Å². The molecule has 0 atom stereocenters. The van der Waals surface area contributed by atoms with Gasteiger partial charge in [-0.15, -0.1) is 23.7 Å². The van der Waals surface area contributed by atoms with E-state index in [1.54, 1.807) is 13.2 Å². The first-order valence-electron chi connectivity index (χ1n) is 6.52. The van der Waals surface area contributed by atoms with Crippen LogP contribution in [0, 0.1) is 0 Å². The van der Waals surface area contributed by atoms with Gasteiger partial charge in [0.05, 0.1) is 12.0 Å². The fraction of sp³-hybridized carbons (Fsp3) is 0.267. The molecule has 1 aromatic carbocycles. The fourth-order valence-corrected chi connectivity index (χ4v) is 3.34. The van der Waals surface area contributed by atoms with Gasteiger partial charge in [0, 0.05) is 29.4 Å². The summed E-state index contributed by atoms with van der Waals surface area (Å²) >= 11 is 1.41. The van der Waals surface area contributed by atoms with Gasteiger partial charge in [-0.1, -0.05) is 6.07 Å². The second-order valence-electron chi connectivity index (χ2n) is 4.76. The van der Waals surface area contributed by atoms with Crippen LogP contribution < -0.4 is 15.4 Å². The standard InChI is InChI=1S/C15H16N2O2S.ClH/c1-19-10-8-14(20-9-10)15(18)17-7-3-4-11-12(16)5-2-6-13(11)17;/h2,5-6,8-9H,3-4,7,16H2,1H3;1H. The molecule has 0 bridgehead atoms. The molecule has 4 nitrogen and oxygen atoms in total. The molecule has 2 heterocycles. The maximum Gasteiger partial charge on any atom is 0.268 e. The quantitative estimate of drug-likeness (QED) is 0.862. The molecular formula is C15H17ClN2O2S. The molecule has 2 N–H and O–H groups in total. The van der Waals surface area contributed by atoms with E-state index in [1.165, 1.54) is 11.3 Å². The lowest BCUT2D eigenvalue weighted by atomic mass is 10.00. The lowest BCUT2D eigenvalue weighted by Gasteiger charge is -2.29. The van der Waals surface area contributed by atoms with Gasteiger partial charge in [0.2, 0.25) is 0 Å². The van der Waals surface area contributed by atoms with Crippen LogP contribution in [0.3, 0.4) is 0 Å². The van der Waals surface area contributed by atoms with Crippen LogP contribution in [0.25, 0.3) is 0 Å². The minimum absolute atomic E-state index is 0. The summed E-state index contributed by atoms with van der Waals surface area (Å²) in [6, 6.07) is 7.54. The predicted octanol–water partition coefficient (Wildman–Crippen LogP) is 3.35. The number of anilines is 2. The van der Waals surface area contributed by atoms with Crippen LogP contribution in [0.2, 0.25) is 0 Å². The van der Waals surface area contributed by atoms with Crippen LogP contribution in [0.5, 0.6) is 5.75 Å². The Morgan fingerprint density at radius 2 is 2.24 bits per heavy atom. The van der Waals surface area contributed by atoms with Crippen LogP contribution in [0.4, 0.5) is 11.4 Å². The molecule has 112 valence electrons. The third kappa shape index (κ3) is 2.84. The van der Waals surface area contributed by atoms with Crippen molar-refractivity contribution in [1.29, 1.82) is 0 Å². The predicted molar refractivity (Wildman–Crippen MR) is 89.0 cm³/mol. The summed E-state index contributed by atoms with van der Waals surface area (Å²) < 4.78 is 5.14. The Bertz CT molecular complexity index is 657. The Kier molecular flexibility index (Phi) is 4.75. The number of thiophene rings is 1. The topological polar surface area (TPSA) is 55.6 Å². The van der Waals surface area contributed by atoms with Crippen molar-refractivity contribution in [2.24, 2.45) is 0 Å². The number of halogens is 1. The first-order chi connectivity index (χ1) is 9.70. The van der Waals surface area contributed by atoms with Crippen molar-refractivity contribution < 1.29 is 9.53 Å². The van der Waals surface area contributed by atoms with Crippen molar-refractivity contribution in [3.05, 3.63) is 40.1 Å². The number of nitrogens with two attached hydrogens (primary N) is 1. The highest BCUT2D eigenvalue weighted by Crippen LogP contribution is 2.33. The molecule has 1 aliphatic rings. The number of amides is 1. The fourth-order valence-electron chi connectivity index (χ4n) is 2.53. The molecule has 6 heteroatoms. The summed E-state index contributed by atoms with van der Waals surface area (Å²) in [5.74, 6) is 0.744. The number of nitrogen functional groups attached to an aromatic ring is 1. The van der Waals surface area contributed by atoms with Crippen molar-refractivity contribution in [2.45, 2.75) is 12.8 Å². The highest BCUT2D eigenvalue weighted by atomic mass is 35.5. The van der Waals surface area contributed by atoms with Gasteiger partial charge in [0.15, 0.2) is 0 Å². The smallest absolute Gasteiger partial charge is 0.268 e. The largest absolute Gasteiger partial charge is 0.496 e. The van der Waals surface area contributed by atoms with E-state index in [1.807, 2.05) is 28.5 Å². The summed E-state index contributed by atoms with van der Waals surface area (Å²) in [6.45, 7) is 0.732. The summed E-state index contributed by atoms with van der Waals surface area (Å²) in [5, 5.41) is 1.84. The highest BCUT2D eigenvalue weighted by Gasteiger charge is 2.25. The Labute approximate surface area is 133 Å². The second-order valence-corrected chi connectivity index (χ2v) is 5.67. The molecule has 21 heavy (non-hydrogen) atoms. The lowest BCUT2D eigenvalue weighted by Crippen LogP contribution is -2.35. The average Bonchev–Trinajstić information content (AvgIpc) is 2.95. The number of nitrogens with zero attached hydrogens (tertiary/aromatic N) is 1. The number of methoxy groups -OCH3 is 1. The van der Waals surface area contributed by atoms with Crippen LogP contribution in [0.15, 0.2) is 29.6 Å². The number of hydrogen-bond donors (Lipinski definition) is 1. The van der Waals surface area contributed by atoms with Crippen LogP contribution >= 0.6 is 23.7 Å². The second kappa shape index (κ2) is 6.37. The first kappa shape index (κ1) is 15.7. The molecule has 0 aliphatic carbocycles. The normalized spacial score (nSPS) is 13.3. The lowest BCUT2D eigenvalue weighted by molar-refractivity contribution is 0.0989. The molecule has 2 aromatic rings. The van der Waals surface area contributed by atoms with Crippen LogP contribution in [-0.4, -0.2) is 19.6 Å². The van der Waals surface area contributed by atoms with Crippen molar-refractivity contribution in [2.75, 3.05) is 24.3 Å². The molecule has 0 unspecified atom stereocenters. The minimum Gasteiger partial charge on any atom is -0.496 e. The third-order valence-electron chi connectivity index (χ3n) is 3.55. The Balaban J connectivity index is 0.00000161. The van der Waals surface area contributed by atoms with Gasteiger partial charge in [0.25, 0.3) is 5.91 Å². The Morgan fingerprint density at radius 3 is 2.95 bits per heavy atom. The molecular weight excluding hydrogens is 308 g/mol. The Hall–Kier alpha value is -1.72. The van der Waals surface area contributed by atoms with Crippen molar-refractivity contribution in [3.63, 3.8) is 0 Å². The van der Waals surface area contributed by atoms with Gasteiger partial charge in [-0.2, -0.15) is 0 Å². The van der Waals surface area contributed by atoms with Gasteiger partial charge in [-0.25, -0.2) is 0 Å². The SMILES string of the molecule is COc1csc(C(=O)N2CCCc3c(N)cccc32)c1.Cl. The zero-order chi connectivity index (χ0) is 14.1. The molecule has 0 fully saturated rings. The van der Waals surface area contributed by atoms with Crippen LogP contribution in [0.1, 0.15) is 21.7 Å². The first-order valence-corrected chi connectivity index (χ1v) is 7.40. The van der Waals surface area contributed by atoms with E-state index in [2.05, 4.69) is 0 Å². The van der Waals surface area contributed by atoms with Gasteiger partial charge in [0.1, 0.15) is 5.75 Å². The molecule has 0 saturated carbocycles. The van der Waals surface area contributed by atoms with E-state index in [4.69, 9.17) is 10.5 Å². The molecule has 0 spiro atoms. The van der Waals surface area contributed by atoms with E-state index < -0.39 is 0 Å². The molecule has 0 saturated heterocycles. The zero-order valence-electron chi connectivity index (χ0n) is 11.7. The minimum atomic E-state index is 0. The number of ether oxygens (including phenoxy) is 1. The van der Waals surface area contributed by atoms with E-state index >= 15 is 0 Å². The molecule has 3 rings (SSSR count). The number of carbonyl (C=O) groups is 1. The zero-order valence-corrected chi connectivity index (χ0v) is 13.3. The molecule has 1 aliphatic heterocycles. The summed E-state index contributed by atoms with van der Waals surface area (Å²) in [6.07, 6.45) is 1.87. The Morgan fingerprint density at radius 1 is 1.43 bits per heavy atom. The molecule has 1 amide bonds. The number of fused-ring (bicyclic) bond motifs is 1. The van der Waals surface area contributed by atoms with Gasteiger partial charge in [-0.05, 0) is 30.5 Å². The van der Waals surface area contributed by atoms with Gasteiger partial charge < -0.3 is 15.4 Å². The van der Waals surface area contributed by atoms with E-state index in [-0.39, 0.29) is 18.3 Å². The maximum atomic E-state index is 12.6. The number of carbonyl (C=O) groups excluding carboxylic acids is 1. The number of hydrogen-bond acceptors (Lipinski definition) is 4. The van der Waals surface area contributed by atoms with E-state index in [0.717, 1.165) is 42.1 Å². The summed E-state index contributed by atoms with van der Waals surface area (Å²) in [4.78, 5) is 15.2. The highest BCUT2D eigenvalue weighted by molar-refractivity contribution is 7.12.